The molecule has 4 nitrogen and oxygen atoms in total. The average molecular weight is 675 g/mol. The molecular formula is C44H26N4S2. The number of nitrogens with zero attached hydrogens (tertiary/aromatic N) is 4. The van der Waals surface area contributed by atoms with Gasteiger partial charge < -0.3 is 0 Å². The summed E-state index contributed by atoms with van der Waals surface area (Å²) in [7, 11) is 0. The summed E-state index contributed by atoms with van der Waals surface area (Å²) in [4.78, 5) is 22.4. The van der Waals surface area contributed by atoms with Crippen LogP contribution in [0, 0.1) is 0 Å². The molecule has 0 N–H and O–H groups in total. The van der Waals surface area contributed by atoms with Gasteiger partial charge in [0.1, 0.15) is 9.66 Å². The second-order valence-electron chi connectivity index (χ2n) is 12.2. The molecular weight excluding hydrogens is 649 g/mol. The standard InChI is InChI=1S/C44H26N4S2/c1-3-11-31(12-4-1)41-45-39(37-33-15-7-9-17-35(33)49-43(37)47-41)29-23-19-27(20-24-29)28-21-25-30(26-22-28)40-38-34-16-8-10-18-36(34)50-44(38)48-42(46-40)32-13-5-2-6-14-32/h1-26H. The predicted molar refractivity (Wildman–Crippen MR) is 211 cm³/mol. The van der Waals surface area contributed by atoms with Crippen molar-refractivity contribution in [3.8, 4) is 56.4 Å². The zero-order chi connectivity index (χ0) is 33.0. The Hall–Kier alpha value is -6.08. The van der Waals surface area contributed by atoms with Gasteiger partial charge in [-0.3, -0.25) is 0 Å². The Balaban J connectivity index is 1.05. The van der Waals surface area contributed by atoms with Crippen LogP contribution in [0.3, 0.4) is 0 Å². The normalized spacial score (nSPS) is 11.6. The van der Waals surface area contributed by atoms with E-state index in [-0.39, 0.29) is 0 Å². The van der Waals surface area contributed by atoms with Crippen LogP contribution in [0.4, 0.5) is 0 Å². The molecule has 0 radical (unpaired) electrons. The second-order valence-corrected chi connectivity index (χ2v) is 14.3. The van der Waals surface area contributed by atoms with Gasteiger partial charge in [-0.05, 0) is 23.3 Å². The minimum absolute atomic E-state index is 0.743. The first kappa shape index (κ1) is 28.9. The maximum absolute atomic E-state index is 5.17. The van der Waals surface area contributed by atoms with E-state index >= 15 is 0 Å². The number of thiophene rings is 2. The number of hydrogen-bond acceptors (Lipinski definition) is 6. The Labute approximate surface area is 296 Å². The molecule has 6 aromatic carbocycles. The van der Waals surface area contributed by atoms with Crippen molar-refractivity contribution in [1.29, 1.82) is 0 Å². The van der Waals surface area contributed by atoms with Gasteiger partial charge in [0.15, 0.2) is 11.6 Å². The van der Waals surface area contributed by atoms with Gasteiger partial charge >= 0.3 is 0 Å². The molecule has 0 amide bonds. The molecule has 0 saturated heterocycles. The molecule has 0 fully saturated rings. The smallest absolute Gasteiger partial charge is 0.161 e. The monoisotopic (exact) mass is 674 g/mol. The van der Waals surface area contributed by atoms with Crippen LogP contribution in [0.2, 0.25) is 0 Å². The zero-order valence-electron chi connectivity index (χ0n) is 26.6. The van der Waals surface area contributed by atoms with E-state index in [1.54, 1.807) is 22.7 Å². The summed E-state index contributed by atoms with van der Waals surface area (Å²) in [5.74, 6) is 1.49. The van der Waals surface area contributed by atoms with Gasteiger partial charge in [0, 0.05) is 53.2 Å². The number of rotatable bonds is 5. The Morgan fingerprint density at radius 3 is 1.08 bits per heavy atom. The minimum Gasteiger partial charge on any atom is -0.227 e. The van der Waals surface area contributed by atoms with Crippen molar-refractivity contribution < 1.29 is 0 Å². The number of hydrogen-bond donors (Lipinski definition) is 0. The van der Waals surface area contributed by atoms with E-state index in [1.165, 1.54) is 20.2 Å². The molecule has 4 heterocycles. The van der Waals surface area contributed by atoms with Crippen LogP contribution in [-0.2, 0) is 0 Å². The molecule has 10 rings (SSSR count). The van der Waals surface area contributed by atoms with Crippen LogP contribution in [0.25, 0.3) is 97.0 Å². The topological polar surface area (TPSA) is 51.6 Å². The predicted octanol–water partition coefficient (Wildman–Crippen LogP) is 12.3. The van der Waals surface area contributed by atoms with Crippen LogP contribution in [0.1, 0.15) is 0 Å². The third-order valence-corrected chi connectivity index (χ3v) is 11.3. The molecule has 0 spiro atoms. The number of aromatic nitrogens is 4. The van der Waals surface area contributed by atoms with E-state index < -0.39 is 0 Å². The third kappa shape index (κ3) is 4.88. The molecule has 0 aliphatic rings. The zero-order valence-corrected chi connectivity index (χ0v) is 28.2. The van der Waals surface area contributed by atoms with Crippen LogP contribution in [0.15, 0.2) is 158 Å². The maximum Gasteiger partial charge on any atom is 0.161 e. The highest BCUT2D eigenvalue weighted by Gasteiger charge is 2.18. The average Bonchev–Trinajstić information content (AvgIpc) is 3.76. The minimum atomic E-state index is 0.743. The summed E-state index contributed by atoms with van der Waals surface area (Å²) < 4.78 is 2.43. The molecule has 234 valence electrons. The van der Waals surface area contributed by atoms with Crippen molar-refractivity contribution >= 4 is 63.3 Å². The van der Waals surface area contributed by atoms with Crippen molar-refractivity contribution in [3.05, 3.63) is 158 Å². The fourth-order valence-corrected chi connectivity index (χ4v) is 8.89. The lowest BCUT2D eigenvalue weighted by atomic mass is 9.98. The van der Waals surface area contributed by atoms with Gasteiger partial charge in [0.25, 0.3) is 0 Å². The third-order valence-electron chi connectivity index (χ3n) is 9.19. The summed E-state index contributed by atoms with van der Waals surface area (Å²) in [5.41, 5.74) is 8.36. The van der Waals surface area contributed by atoms with Gasteiger partial charge in [0.05, 0.1) is 11.4 Å². The SMILES string of the molecule is c1ccc(-c2nc(-c3ccc(-c4ccc(-c5nc(-c6ccccc6)nc6sc7ccccc7c56)cc4)cc3)c3c(n2)sc2ccccc23)cc1. The molecule has 10 aromatic rings. The first-order chi connectivity index (χ1) is 24.8. The number of fused-ring (bicyclic) bond motifs is 6. The van der Waals surface area contributed by atoms with Gasteiger partial charge in [0.2, 0.25) is 0 Å². The molecule has 50 heavy (non-hydrogen) atoms. The molecule has 6 heteroatoms. The lowest BCUT2D eigenvalue weighted by Gasteiger charge is -2.10. The van der Waals surface area contributed by atoms with Gasteiger partial charge in [-0.1, -0.05) is 146 Å². The van der Waals surface area contributed by atoms with E-state index in [2.05, 4.69) is 121 Å². The maximum atomic E-state index is 5.17. The Kier molecular flexibility index (Phi) is 6.82. The van der Waals surface area contributed by atoms with Crippen LogP contribution in [-0.4, -0.2) is 19.9 Å². The second kappa shape index (κ2) is 11.8. The van der Waals surface area contributed by atoms with E-state index in [0.29, 0.717) is 0 Å². The summed E-state index contributed by atoms with van der Waals surface area (Å²) in [5, 5.41) is 4.59. The van der Waals surface area contributed by atoms with Crippen molar-refractivity contribution in [3.63, 3.8) is 0 Å². The molecule has 0 aliphatic carbocycles. The van der Waals surface area contributed by atoms with Crippen molar-refractivity contribution in [2.75, 3.05) is 0 Å². The Bertz CT molecular complexity index is 2640. The van der Waals surface area contributed by atoms with Gasteiger partial charge in [-0.15, -0.1) is 22.7 Å². The van der Waals surface area contributed by atoms with E-state index in [1.807, 2.05) is 36.4 Å². The van der Waals surface area contributed by atoms with Crippen LogP contribution in [0.5, 0.6) is 0 Å². The highest BCUT2D eigenvalue weighted by atomic mass is 32.1. The van der Waals surface area contributed by atoms with Gasteiger partial charge in [-0.25, -0.2) is 19.9 Å². The Morgan fingerprint density at radius 2 is 0.660 bits per heavy atom. The van der Waals surface area contributed by atoms with Gasteiger partial charge in [-0.2, -0.15) is 0 Å². The molecule has 4 aromatic heterocycles. The fourth-order valence-electron chi connectivity index (χ4n) is 6.74. The lowest BCUT2D eigenvalue weighted by molar-refractivity contribution is 1.24. The summed E-state index contributed by atoms with van der Waals surface area (Å²) in [6.45, 7) is 0. The number of benzene rings is 6. The summed E-state index contributed by atoms with van der Waals surface area (Å²) in [6, 6.07) is 55.0. The highest BCUT2D eigenvalue weighted by Crippen LogP contribution is 2.41. The Morgan fingerprint density at radius 1 is 0.300 bits per heavy atom. The van der Waals surface area contributed by atoms with Crippen molar-refractivity contribution in [1.82, 2.24) is 19.9 Å². The largest absolute Gasteiger partial charge is 0.227 e. The molecule has 0 bridgehead atoms. The lowest BCUT2D eigenvalue weighted by Crippen LogP contribution is -1.94. The summed E-state index contributed by atoms with van der Waals surface area (Å²) >= 11 is 3.44. The van der Waals surface area contributed by atoms with E-state index in [4.69, 9.17) is 19.9 Å². The fraction of sp³-hybridized carbons (Fsp3) is 0. The summed E-state index contributed by atoms with van der Waals surface area (Å²) in [6.07, 6.45) is 0. The molecule has 0 unspecified atom stereocenters. The molecule has 0 aliphatic heterocycles. The molecule has 0 atom stereocenters. The quantitative estimate of drug-likeness (QED) is 0.182. The van der Waals surface area contributed by atoms with Crippen molar-refractivity contribution in [2.24, 2.45) is 0 Å². The van der Waals surface area contributed by atoms with E-state index in [0.717, 1.165) is 76.9 Å². The van der Waals surface area contributed by atoms with E-state index in [9.17, 15) is 0 Å². The first-order valence-corrected chi connectivity index (χ1v) is 18.1. The van der Waals surface area contributed by atoms with Crippen LogP contribution < -0.4 is 0 Å². The van der Waals surface area contributed by atoms with Crippen LogP contribution >= 0.6 is 22.7 Å². The first-order valence-electron chi connectivity index (χ1n) is 16.5. The highest BCUT2D eigenvalue weighted by molar-refractivity contribution is 7.26. The van der Waals surface area contributed by atoms with Crippen molar-refractivity contribution in [2.45, 2.75) is 0 Å². The molecule has 0 saturated carbocycles.